The number of carbonyl (C=O) groups is 1. The Morgan fingerprint density at radius 1 is 1.18 bits per heavy atom. The van der Waals surface area contributed by atoms with Crippen molar-refractivity contribution >= 4 is 45.8 Å². The van der Waals surface area contributed by atoms with Gasteiger partial charge in [-0.3, -0.25) is 19.5 Å². The number of nitrogens with one attached hydrogen (secondary N) is 1. The Labute approximate surface area is 268 Å². The van der Waals surface area contributed by atoms with E-state index in [1.807, 2.05) is 17.2 Å². The van der Waals surface area contributed by atoms with E-state index >= 15 is 0 Å². The molecule has 0 bridgehead atoms. The molecule has 4 fully saturated rings. The van der Waals surface area contributed by atoms with Crippen LogP contribution in [0.15, 0.2) is 24.9 Å². The van der Waals surface area contributed by atoms with Gasteiger partial charge in [-0.1, -0.05) is 29.8 Å². The maximum Gasteiger partial charge on any atom is 0.245 e. The minimum Gasteiger partial charge on any atom is -0.382 e. The summed E-state index contributed by atoms with van der Waals surface area (Å²) in [6.07, 6.45) is 7.29. The summed E-state index contributed by atoms with van der Waals surface area (Å²) >= 11 is 13.8. The lowest BCUT2D eigenvalue weighted by Gasteiger charge is -2.58. The van der Waals surface area contributed by atoms with Crippen LogP contribution >= 0.6 is 23.2 Å². The molecule has 1 atom stereocenters. The van der Waals surface area contributed by atoms with E-state index in [1.54, 1.807) is 7.11 Å². The molecule has 5 heterocycles. The Morgan fingerprint density at radius 2 is 1.93 bits per heavy atom. The van der Waals surface area contributed by atoms with Gasteiger partial charge >= 0.3 is 0 Å². The van der Waals surface area contributed by atoms with Crippen molar-refractivity contribution in [2.24, 2.45) is 5.41 Å². The smallest absolute Gasteiger partial charge is 0.245 e. The van der Waals surface area contributed by atoms with Gasteiger partial charge in [-0.05, 0) is 51.7 Å². The van der Waals surface area contributed by atoms with Crippen LogP contribution in [0.1, 0.15) is 44.3 Å². The Morgan fingerprint density at radius 3 is 2.64 bits per heavy atom. The maximum absolute atomic E-state index is 12.1. The average Bonchev–Trinajstić information content (AvgIpc) is 3.56. The van der Waals surface area contributed by atoms with Crippen molar-refractivity contribution < 1.29 is 14.3 Å². The second kappa shape index (κ2) is 11.3. The number of fused-ring (bicyclic) bond motifs is 1. The summed E-state index contributed by atoms with van der Waals surface area (Å²) in [6, 6.07) is 2.58. The summed E-state index contributed by atoms with van der Waals surface area (Å²) in [6.45, 7) is 14.4. The molecule has 1 amide bonds. The zero-order chi connectivity index (χ0) is 30.8. The third kappa shape index (κ3) is 4.85. The summed E-state index contributed by atoms with van der Waals surface area (Å²) in [5.41, 5.74) is 3.56. The highest BCUT2D eigenvalue weighted by molar-refractivity contribution is 6.45. The highest BCUT2D eigenvalue weighted by Crippen LogP contribution is 2.56. The minimum atomic E-state index is -0.327. The van der Waals surface area contributed by atoms with Crippen LogP contribution in [0.4, 0.5) is 5.82 Å². The van der Waals surface area contributed by atoms with Gasteiger partial charge in [0.05, 0.1) is 39.9 Å². The minimum absolute atomic E-state index is 0.0102. The molecule has 12 heteroatoms. The first-order chi connectivity index (χ1) is 21.2. The van der Waals surface area contributed by atoms with Gasteiger partial charge in [-0.25, -0.2) is 0 Å². The molecule has 0 unspecified atom stereocenters. The molecule has 1 aromatic carbocycles. The number of piperazine rings is 1. The van der Waals surface area contributed by atoms with E-state index < -0.39 is 0 Å². The molecule has 1 spiro atoms. The molecular formula is C32H41Cl2N7O3. The van der Waals surface area contributed by atoms with Gasteiger partial charge in [-0.2, -0.15) is 10.2 Å². The number of aromatic nitrogens is 4. The van der Waals surface area contributed by atoms with E-state index in [4.69, 9.17) is 37.8 Å². The SMILES string of the molecule is C=CC(=O)N1CC2(CC(n3nc(N4CCN(C5CCOCC5)C[C@]4(C)COC)c(-c4c(Cl)c(Cl)cc5[nH]ncc45)c3C)C2)C1. The number of anilines is 1. The van der Waals surface area contributed by atoms with Crippen molar-refractivity contribution in [3.05, 3.63) is 40.7 Å². The summed E-state index contributed by atoms with van der Waals surface area (Å²) in [5.74, 6) is 0.911. The van der Waals surface area contributed by atoms with Gasteiger partial charge < -0.3 is 19.3 Å². The molecular weight excluding hydrogens is 601 g/mol. The summed E-state index contributed by atoms with van der Waals surface area (Å²) in [5, 5.41) is 14.7. The van der Waals surface area contributed by atoms with Crippen LogP contribution < -0.4 is 4.90 Å². The first-order valence-electron chi connectivity index (χ1n) is 15.6. The first kappa shape index (κ1) is 30.0. The number of amides is 1. The van der Waals surface area contributed by atoms with Crippen molar-refractivity contribution in [2.45, 2.75) is 57.2 Å². The number of rotatable bonds is 7. The van der Waals surface area contributed by atoms with E-state index in [0.29, 0.717) is 22.7 Å². The van der Waals surface area contributed by atoms with Crippen LogP contribution in [-0.4, -0.2) is 107 Å². The van der Waals surface area contributed by atoms with E-state index in [-0.39, 0.29) is 22.9 Å². The van der Waals surface area contributed by atoms with Gasteiger partial charge in [0, 0.05) is 86.7 Å². The first-order valence-corrected chi connectivity index (χ1v) is 16.3. The molecule has 2 aromatic heterocycles. The monoisotopic (exact) mass is 641 g/mol. The molecule has 236 valence electrons. The highest BCUT2D eigenvalue weighted by atomic mass is 35.5. The number of halogens is 2. The topological polar surface area (TPSA) is 91.8 Å². The van der Waals surface area contributed by atoms with Crippen molar-refractivity contribution in [3.8, 4) is 11.1 Å². The fourth-order valence-corrected chi connectivity index (χ4v) is 8.75. The van der Waals surface area contributed by atoms with Gasteiger partial charge in [-0.15, -0.1) is 0 Å². The quantitative estimate of drug-likeness (QED) is 0.359. The van der Waals surface area contributed by atoms with Gasteiger partial charge in [0.25, 0.3) is 0 Å². The summed E-state index contributed by atoms with van der Waals surface area (Å²) < 4.78 is 13.8. The van der Waals surface area contributed by atoms with Crippen molar-refractivity contribution in [1.29, 1.82) is 0 Å². The molecule has 0 radical (unpaired) electrons. The van der Waals surface area contributed by atoms with Crippen molar-refractivity contribution in [3.63, 3.8) is 0 Å². The number of hydrogen-bond donors (Lipinski definition) is 1. The number of benzene rings is 1. The molecule has 3 saturated heterocycles. The van der Waals surface area contributed by atoms with Crippen molar-refractivity contribution in [1.82, 2.24) is 29.8 Å². The third-order valence-corrected chi connectivity index (χ3v) is 11.3. The number of hydrogen-bond acceptors (Lipinski definition) is 7. The van der Waals surface area contributed by atoms with Gasteiger partial charge in [0.1, 0.15) is 0 Å². The average molecular weight is 643 g/mol. The molecule has 1 aliphatic carbocycles. The second-order valence-electron chi connectivity index (χ2n) is 13.5. The Hall–Kier alpha value is -2.63. The van der Waals surface area contributed by atoms with Crippen LogP contribution in [0, 0.1) is 12.3 Å². The van der Waals surface area contributed by atoms with Gasteiger partial charge in [0.15, 0.2) is 5.82 Å². The van der Waals surface area contributed by atoms with E-state index in [2.05, 4.69) is 45.1 Å². The number of aromatic amines is 1. The number of H-pyrrole nitrogens is 1. The Balaban J connectivity index is 1.29. The standard InChI is InChI=1S/C32H41Cl2N7O3/c1-5-26(42)39-17-32(18-39)13-22(14-32)41-20(2)27(28-23-15-35-36-25(23)12-24(33)29(28)34)30(37-41)40-9-8-38(16-31(40,3)19-43-4)21-6-10-44-11-7-21/h5,12,15,21-22H,1,6-11,13-14,16-19H2,2-4H3,(H,35,36)/t31-/m1/s1. The van der Waals surface area contributed by atoms with Crippen LogP contribution in [0.25, 0.3) is 22.0 Å². The molecule has 1 N–H and O–H groups in total. The molecule has 1 saturated carbocycles. The van der Waals surface area contributed by atoms with E-state index in [0.717, 1.165) is 105 Å². The Kier molecular flexibility index (Phi) is 7.73. The molecule has 10 nitrogen and oxygen atoms in total. The zero-order valence-corrected chi connectivity index (χ0v) is 27.3. The highest BCUT2D eigenvalue weighted by Gasteiger charge is 2.55. The zero-order valence-electron chi connectivity index (χ0n) is 25.7. The normalized spacial score (nSPS) is 24.6. The number of methoxy groups -OCH3 is 1. The van der Waals surface area contributed by atoms with Crippen molar-refractivity contribution in [2.75, 3.05) is 64.6 Å². The van der Waals surface area contributed by atoms with Crippen LogP contribution in [0.5, 0.6) is 0 Å². The molecule has 44 heavy (non-hydrogen) atoms. The maximum atomic E-state index is 12.1. The van der Waals surface area contributed by atoms with E-state index in [1.165, 1.54) is 6.08 Å². The molecule has 4 aliphatic rings. The predicted octanol–water partition coefficient (Wildman–Crippen LogP) is 5.10. The largest absolute Gasteiger partial charge is 0.382 e. The lowest BCUT2D eigenvalue weighted by Crippen LogP contribution is -2.65. The second-order valence-corrected chi connectivity index (χ2v) is 14.2. The molecule has 7 rings (SSSR count). The lowest BCUT2D eigenvalue weighted by molar-refractivity contribution is -0.149. The molecule has 3 aromatic rings. The predicted molar refractivity (Wildman–Crippen MR) is 173 cm³/mol. The molecule has 3 aliphatic heterocycles. The fraction of sp³-hybridized carbons (Fsp3) is 0.594. The fourth-order valence-electron chi connectivity index (χ4n) is 8.30. The van der Waals surface area contributed by atoms with Crippen LogP contribution in [-0.2, 0) is 14.3 Å². The van der Waals surface area contributed by atoms with Crippen LogP contribution in [0.2, 0.25) is 10.0 Å². The Bertz CT molecular complexity index is 1580. The van der Waals surface area contributed by atoms with Crippen LogP contribution in [0.3, 0.4) is 0 Å². The summed E-state index contributed by atoms with van der Waals surface area (Å²) in [4.78, 5) is 19.1. The van der Waals surface area contributed by atoms with E-state index in [9.17, 15) is 4.79 Å². The number of likely N-dealkylation sites (tertiary alicyclic amines) is 1. The number of carbonyl (C=O) groups excluding carboxylic acids is 1. The summed E-state index contributed by atoms with van der Waals surface area (Å²) in [7, 11) is 1.78. The third-order valence-electron chi connectivity index (χ3n) is 10.5. The number of ether oxygens (including phenoxy) is 2. The number of nitrogens with zero attached hydrogens (tertiary/aromatic N) is 6. The lowest BCUT2D eigenvalue weighted by atomic mass is 9.60. The van der Waals surface area contributed by atoms with Gasteiger partial charge in [0.2, 0.25) is 5.91 Å².